The lowest BCUT2D eigenvalue weighted by atomic mass is 9.74. The third kappa shape index (κ3) is 4.69. The molecule has 0 saturated carbocycles. The van der Waals surface area contributed by atoms with Crippen molar-refractivity contribution in [2.24, 2.45) is 0 Å². The Balaban J connectivity index is 2.51. The van der Waals surface area contributed by atoms with Crippen molar-refractivity contribution in [1.82, 2.24) is 0 Å². The van der Waals surface area contributed by atoms with Gasteiger partial charge in [-0.25, -0.2) is 0 Å². The van der Waals surface area contributed by atoms with Gasteiger partial charge < -0.3 is 5.11 Å². The van der Waals surface area contributed by atoms with Crippen molar-refractivity contribution in [1.29, 1.82) is 0 Å². The Morgan fingerprint density at radius 2 is 1.35 bits per heavy atom. The summed E-state index contributed by atoms with van der Waals surface area (Å²) < 4.78 is 0. The molecular weight excluding hydrogens is 316 g/mol. The number of phenolic OH excluding ortho intramolecular Hbond substituents is 1. The van der Waals surface area contributed by atoms with Gasteiger partial charge in [0.1, 0.15) is 5.75 Å². The van der Waals surface area contributed by atoms with Crippen LogP contribution in [0.5, 0.6) is 5.75 Å². The Hall–Kier alpha value is -1.76. The van der Waals surface area contributed by atoms with Crippen molar-refractivity contribution in [2.75, 3.05) is 0 Å². The van der Waals surface area contributed by atoms with Crippen LogP contribution in [0.1, 0.15) is 81.7 Å². The highest BCUT2D eigenvalue weighted by molar-refractivity contribution is 5.46. The first-order valence-corrected chi connectivity index (χ1v) is 10.4. The van der Waals surface area contributed by atoms with E-state index in [1.807, 2.05) is 12.1 Å². The fraction of sp³-hybridized carbons (Fsp3) is 0.520. The Labute approximate surface area is 160 Å². The van der Waals surface area contributed by atoms with E-state index in [1.54, 1.807) is 22.8 Å². The summed E-state index contributed by atoms with van der Waals surface area (Å²) in [6.07, 6.45) is 7.91. The van der Waals surface area contributed by atoms with Crippen LogP contribution in [0.15, 0.2) is 36.4 Å². The van der Waals surface area contributed by atoms with Gasteiger partial charge in [0.15, 0.2) is 0 Å². The summed E-state index contributed by atoms with van der Waals surface area (Å²) in [5, 5.41) is 10.2. The van der Waals surface area contributed by atoms with Crippen molar-refractivity contribution >= 4 is 0 Å². The highest BCUT2D eigenvalue weighted by Crippen LogP contribution is 2.36. The maximum Gasteiger partial charge on any atom is 0.118 e. The van der Waals surface area contributed by atoms with Crippen LogP contribution in [-0.2, 0) is 31.1 Å². The Bertz CT molecular complexity index is 712. The average Bonchev–Trinajstić information content (AvgIpc) is 2.60. The van der Waals surface area contributed by atoms with E-state index >= 15 is 0 Å². The second-order valence-electron chi connectivity index (χ2n) is 8.17. The number of rotatable bonds is 9. The second kappa shape index (κ2) is 9.26. The standard InChI is InChI=1S/C25H36O/c1-6-11-19-16-17-23(22(13-8-3)21(19)12-7-2)25(4,5)18-20-14-9-10-15-24(20)26/h9-10,14-17,26H,6-8,11-13,18H2,1-5H3. The molecule has 0 amide bonds. The predicted molar refractivity (Wildman–Crippen MR) is 113 cm³/mol. The molecule has 0 aliphatic heterocycles. The van der Waals surface area contributed by atoms with Gasteiger partial charge in [0, 0.05) is 0 Å². The van der Waals surface area contributed by atoms with Crippen molar-refractivity contribution in [3.63, 3.8) is 0 Å². The summed E-state index contributed by atoms with van der Waals surface area (Å²) in [5.41, 5.74) is 7.21. The van der Waals surface area contributed by atoms with E-state index in [9.17, 15) is 5.11 Å². The molecular formula is C25H36O. The lowest BCUT2D eigenvalue weighted by Gasteiger charge is -2.31. The SMILES string of the molecule is CCCc1ccc(C(C)(C)Cc2ccccc2O)c(CCC)c1CCC. The first-order valence-electron chi connectivity index (χ1n) is 10.4. The number of aromatic hydroxyl groups is 1. The third-order valence-electron chi connectivity index (χ3n) is 5.40. The molecule has 1 N–H and O–H groups in total. The lowest BCUT2D eigenvalue weighted by molar-refractivity contribution is 0.449. The van der Waals surface area contributed by atoms with Crippen molar-refractivity contribution in [2.45, 2.75) is 85.0 Å². The van der Waals surface area contributed by atoms with Crippen LogP contribution in [0.4, 0.5) is 0 Å². The predicted octanol–water partition coefficient (Wildman–Crippen LogP) is 6.77. The fourth-order valence-electron chi connectivity index (χ4n) is 4.21. The number of benzene rings is 2. The molecule has 0 unspecified atom stereocenters. The molecule has 2 aromatic carbocycles. The molecule has 1 nitrogen and oxygen atoms in total. The summed E-state index contributed by atoms with van der Waals surface area (Å²) in [6.45, 7) is 11.5. The van der Waals surface area contributed by atoms with Gasteiger partial charge in [-0.1, -0.05) is 84.2 Å². The first-order chi connectivity index (χ1) is 12.4. The van der Waals surface area contributed by atoms with Gasteiger partial charge in [0.25, 0.3) is 0 Å². The molecule has 2 rings (SSSR count). The van der Waals surface area contributed by atoms with E-state index in [0.29, 0.717) is 5.75 Å². The van der Waals surface area contributed by atoms with E-state index in [1.165, 1.54) is 37.7 Å². The van der Waals surface area contributed by atoms with E-state index in [4.69, 9.17) is 0 Å². The highest BCUT2D eigenvalue weighted by atomic mass is 16.3. The van der Waals surface area contributed by atoms with Crippen LogP contribution in [0, 0.1) is 0 Å². The van der Waals surface area contributed by atoms with Gasteiger partial charge in [-0.2, -0.15) is 0 Å². The van der Waals surface area contributed by atoms with Crippen molar-refractivity contribution in [3.8, 4) is 5.75 Å². The summed E-state index contributed by atoms with van der Waals surface area (Å²) in [7, 11) is 0. The van der Waals surface area contributed by atoms with Crippen molar-refractivity contribution in [3.05, 3.63) is 64.2 Å². The zero-order chi connectivity index (χ0) is 19.2. The molecule has 0 aromatic heterocycles. The number of phenols is 1. The van der Waals surface area contributed by atoms with Gasteiger partial charge in [-0.15, -0.1) is 0 Å². The molecule has 0 spiro atoms. The molecule has 0 aliphatic carbocycles. The third-order valence-corrected chi connectivity index (χ3v) is 5.40. The maximum atomic E-state index is 10.2. The maximum absolute atomic E-state index is 10.2. The molecule has 0 aliphatic rings. The molecule has 1 heteroatoms. The number of hydrogen-bond acceptors (Lipinski definition) is 1. The zero-order valence-electron chi connectivity index (χ0n) is 17.4. The molecule has 0 heterocycles. The van der Waals surface area contributed by atoms with Crippen LogP contribution in [-0.4, -0.2) is 5.11 Å². The number of para-hydroxylation sites is 1. The van der Waals surface area contributed by atoms with Gasteiger partial charge in [-0.3, -0.25) is 0 Å². The summed E-state index contributed by atoms with van der Waals surface area (Å²) in [5.74, 6) is 0.411. The minimum absolute atomic E-state index is 0.00340. The smallest absolute Gasteiger partial charge is 0.118 e. The summed E-state index contributed by atoms with van der Waals surface area (Å²) >= 11 is 0. The van der Waals surface area contributed by atoms with Crippen LogP contribution in [0.3, 0.4) is 0 Å². The van der Waals surface area contributed by atoms with Crippen molar-refractivity contribution < 1.29 is 5.11 Å². The topological polar surface area (TPSA) is 20.2 Å². The van der Waals surface area contributed by atoms with Gasteiger partial charge in [0.05, 0.1) is 0 Å². The molecule has 2 aromatic rings. The minimum atomic E-state index is -0.00340. The second-order valence-corrected chi connectivity index (χ2v) is 8.17. The molecule has 0 saturated heterocycles. The Kier molecular flexibility index (Phi) is 7.32. The largest absolute Gasteiger partial charge is 0.508 e. The Morgan fingerprint density at radius 3 is 1.96 bits per heavy atom. The quantitative estimate of drug-likeness (QED) is 0.528. The molecule has 0 atom stereocenters. The fourth-order valence-corrected chi connectivity index (χ4v) is 4.21. The first kappa shape index (κ1) is 20.6. The minimum Gasteiger partial charge on any atom is -0.508 e. The van der Waals surface area contributed by atoms with E-state index in [0.717, 1.165) is 18.4 Å². The van der Waals surface area contributed by atoms with Crippen LogP contribution in [0.25, 0.3) is 0 Å². The van der Waals surface area contributed by atoms with Crippen LogP contribution >= 0.6 is 0 Å². The van der Waals surface area contributed by atoms with Gasteiger partial charge in [-0.05, 0) is 65.0 Å². The normalized spacial score (nSPS) is 11.7. The molecule has 142 valence electrons. The van der Waals surface area contributed by atoms with Crippen LogP contribution < -0.4 is 0 Å². The summed E-state index contributed by atoms with van der Waals surface area (Å²) in [6, 6.07) is 12.5. The monoisotopic (exact) mass is 352 g/mol. The van der Waals surface area contributed by atoms with Gasteiger partial charge >= 0.3 is 0 Å². The lowest BCUT2D eigenvalue weighted by Crippen LogP contribution is -2.24. The molecule has 26 heavy (non-hydrogen) atoms. The van der Waals surface area contributed by atoms with E-state index in [-0.39, 0.29) is 5.41 Å². The number of aryl methyl sites for hydroxylation is 1. The number of hydrogen-bond donors (Lipinski definition) is 1. The Morgan fingerprint density at radius 1 is 0.731 bits per heavy atom. The van der Waals surface area contributed by atoms with Gasteiger partial charge in [0.2, 0.25) is 0 Å². The highest BCUT2D eigenvalue weighted by Gasteiger charge is 2.27. The average molecular weight is 353 g/mol. The van der Waals surface area contributed by atoms with E-state index in [2.05, 4.69) is 52.8 Å². The zero-order valence-corrected chi connectivity index (χ0v) is 17.4. The summed E-state index contributed by atoms with van der Waals surface area (Å²) in [4.78, 5) is 0. The molecule has 0 radical (unpaired) electrons. The molecule has 0 fully saturated rings. The molecule has 0 bridgehead atoms. The van der Waals surface area contributed by atoms with Crippen LogP contribution in [0.2, 0.25) is 0 Å². The van der Waals surface area contributed by atoms with E-state index < -0.39 is 0 Å².